The molecule has 0 aromatic heterocycles. The molecule has 0 bridgehead atoms. The van der Waals surface area contributed by atoms with Crippen LogP contribution in [0.3, 0.4) is 0 Å². The van der Waals surface area contributed by atoms with Crippen LogP contribution in [0.4, 0.5) is 0 Å². The van der Waals surface area contributed by atoms with Gasteiger partial charge in [0.1, 0.15) is 16.7 Å². The Balaban J connectivity index is 2.54. The van der Waals surface area contributed by atoms with Crippen LogP contribution in [-0.4, -0.2) is 38.3 Å². The van der Waals surface area contributed by atoms with Crippen molar-refractivity contribution in [1.29, 1.82) is 0 Å². The number of nitrogens with two attached hydrogens (primary N) is 1. The van der Waals surface area contributed by atoms with Crippen molar-refractivity contribution in [1.82, 2.24) is 4.31 Å². The number of hydrogen-bond acceptors (Lipinski definition) is 4. The van der Waals surface area contributed by atoms with Gasteiger partial charge in [0.25, 0.3) is 0 Å². The zero-order valence-electron chi connectivity index (χ0n) is 12.4. The summed E-state index contributed by atoms with van der Waals surface area (Å²) in [6.07, 6.45) is 1.09. The lowest BCUT2D eigenvalue weighted by molar-refractivity contribution is -0.121. The SMILES string of the molecule is COc1cc(C)c(C)cc1S(=O)(=O)N1CCC[C@H]1C(N)=O. The Labute approximate surface area is 124 Å². The summed E-state index contributed by atoms with van der Waals surface area (Å²) in [5.74, 6) is -0.327. The highest BCUT2D eigenvalue weighted by Gasteiger charge is 2.39. The summed E-state index contributed by atoms with van der Waals surface area (Å²) < 4.78 is 32.0. The zero-order valence-corrected chi connectivity index (χ0v) is 13.2. The average molecular weight is 312 g/mol. The first-order valence-electron chi connectivity index (χ1n) is 6.75. The molecule has 1 aromatic carbocycles. The van der Waals surface area contributed by atoms with Crippen LogP contribution in [0.5, 0.6) is 5.75 Å². The van der Waals surface area contributed by atoms with E-state index in [0.717, 1.165) is 11.1 Å². The molecule has 1 fully saturated rings. The summed E-state index contributed by atoms with van der Waals surface area (Å²) in [5.41, 5.74) is 7.11. The van der Waals surface area contributed by atoms with Crippen molar-refractivity contribution in [3.05, 3.63) is 23.3 Å². The maximum atomic E-state index is 12.8. The van der Waals surface area contributed by atoms with Crippen LogP contribution in [0.15, 0.2) is 17.0 Å². The molecule has 1 aromatic rings. The topological polar surface area (TPSA) is 89.7 Å². The summed E-state index contributed by atoms with van der Waals surface area (Å²) in [4.78, 5) is 11.5. The monoisotopic (exact) mass is 312 g/mol. The van der Waals surface area contributed by atoms with Crippen LogP contribution in [0, 0.1) is 13.8 Å². The highest BCUT2D eigenvalue weighted by Crippen LogP contribution is 2.33. The normalized spacial score (nSPS) is 19.7. The molecular formula is C14H20N2O4S. The van der Waals surface area contributed by atoms with Gasteiger partial charge in [0, 0.05) is 6.54 Å². The fourth-order valence-corrected chi connectivity index (χ4v) is 4.45. The van der Waals surface area contributed by atoms with Crippen molar-refractivity contribution in [2.24, 2.45) is 5.73 Å². The Kier molecular flexibility index (Phi) is 4.25. The zero-order chi connectivity index (χ0) is 15.8. The summed E-state index contributed by atoms with van der Waals surface area (Å²) >= 11 is 0. The second kappa shape index (κ2) is 5.65. The lowest BCUT2D eigenvalue weighted by Gasteiger charge is -2.23. The molecule has 0 saturated carbocycles. The van der Waals surface area contributed by atoms with E-state index >= 15 is 0 Å². The number of aryl methyl sites for hydroxylation is 2. The van der Waals surface area contributed by atoms with E-state index in [1.807, 2.05) is 13.8 Å². The lowest BCUT2D eigenvalue weighted by atomic mass is 10.1. The van der Waals surface area contributed by atoms with Crippen LogP contribution in [-0.2, 0) is 14.8 Å². The minimum atomic E-state index is -3.81. The van der Waals surface area contributed by atoms with Gasteiger partial charge in [-0.05, 0) is 49.9 Å². The van der Waals surface area contributed by atoms with Crippen LogP contribution in [0.2, 0.25) is 0 Å². The van der Waals surface area contributed by atoms with E-state index in [-0.39, 0.29) is 10.6 Å². The number of hydrogen-bond donors (Lipinski definition) is 1. The molecular weight excluding hydrogens is 292 g/mol. The molecule has 1 aliphatic heterocycles. The molecule has 2 rings (SSSR count). The summed E-state index contributed by atoms with van der Waals surface area (Å²) in [6, 6.07) is 2.50. The van der Waals surface area contributed by atoms with Crippen molar-refractivity contribution in [3.63, 3.8) is 0 Å². The smallest absolute Gasteiger partial charge is 0.247 e. The third-order valence-electron chi connectivity index (χ3n) is 3.90. The van der Waals surface area contributed by atoms with E-state index in [0.29, 0.717) is 19.4 Å². The minimum Gasteiger partial charge on any atom is -0.495 e. The van der Waals surface area contributed by atoms with E-state index < -0.39 is 22.0 Å². The Morgan fingerprint density at radius 2 is 1.95 bits per heavy atom. The van der Waals surface area contributed by atoms with E-state index in [9.17, 15) is 13.2 Å². The number of primary amides is 1. The first-order valence-corrected chi connectivity index (χ1v) is 8.19. The number of methoxy groups -OCH3 is 1. The number of benzene rings is 1. The quantitative estimate of drug-likeness (QED) is 0.896. The molecule has 116 valence electrons. The fourth-order valence-electron chi connectivity index (χ4n) is 2.56. The molecule has 1 atom stereocenters. The highest BCUT2D eigenvalue weighted by molar-refractivity contribution is 7.89. The van der Waals surface area contributed by atoms with E-state index in [2.05, 4.69) is 0 Å². The van der Waals surface area contributed by atoms with Gasteiger partial charge in [0.15, 0.2) is 0 Å². The van der Waals surface area contributed by atoms with Gasteiger partial charge < -0.3 is 10.5 Å². The Morgan fingerprint density at radius 1 is 1.33 bits per heavy atom. The van der Waals surface area contributed by atoms with Crippen LogP contribution in [0.25, 0.3) is 0 Å². The van der Waals surface area contributed by atoms with Gasteiger partial charge in [-0.15, -0.1) is 0 Å². The molecule has 6 nitrogen and oxygen atoms in total. The van der Waals surface area contributed by atoms with E-state index in [1.165, 1.54) is 11.4 Å². The molecule has 0 radical (unpaired) electrons. The second-order valence-electron chi connectivity index (χ2n) is 5.26. The van der Waals surface area contributed by atoms with E-state index in [1.54, 1.807) is 12.1 Å². The second-order valence-corrected chi connectivity index (χ2v) is 7.12. The molecule has 1 heterocycles. The van der Waals surface area contributed by atoms with Gasteiger partial charge >= 0.3 is 0 Å². The number of nitrogens with zero attached hydrogens (tertiary/aromatic N) is 1. The Hall–Kier alpha value is -1.60. The van der Waals surface area contributed by atoms with Crippen molar-refractivity contribution >= 4 is 15.9 Å². The number of amides is 1. The van der Waals surface area contributed by atoms with Gasteiger partial charge in [-0.1, -0.05) is 0 Å². The molecule has 1 amide bonds. The van der Waals surface area contributed by atoms with Crippen LogP contribution >= 0.6 is 0 Å². The fraction of sp³-hybridized carbons (Fsp3) is 0.500. The maximum Gasteiger partial charge on any atom is 0.247 e. The molecule has 1 aliphatic rings. The number of carbonyl (C=O) groups is 1. The third-order valence-corrected chi connectivity index (χ3v) is 5.83. The predicted molar refractivity (Wildman–Crippen MR) is 78.6 cm³/mol. The maximum absolute atomic E-state index is 12.8. The molecule has 21 heavy (non-hydrogen) atoms. The number of carbonyl (C=O) groups excluding carboxylic acids is 1. The largest absolute Gasteiger partial charge is 0.495 e. The molecule has 2 N–H and O–H groups in total. The first-order chi connectivity index (χ1) is 9.78. The number of sulfonamides is 1. The molecule has 7 heteroatoms. The van der Waals surface area contributed by atoms with Gasteiger partial charge in [-0.2, -0.15) is 4.31 Å². The third kappa shape index (κ3) is 2.75. The molecule has 0 spiro atoms. The minimum absolute atomic E-state index is 0.0845. The van der Waals surface area contributed by atoms with Crippen LogP contribution < -0.4 is 10.5 Å². The van der Waals surface area contributed by atoms with Crippen LogP contribution in [0.1, 0.15) is 24.0 Å². The predicted octanol–water partition coefficient (Wildman–Crippen LogP) is 0.950. The van der Waals surface area contributed by atoms with Gasteiger partial charge in [0.2, 0.25) is 15.9 Å². The highest BCUT2D eigenvalue weighted by atomic mass is 32.2. The van der Waals surface area contributed by atoms with Crippen molar-refractivity contribution in [3.8, 4) is 5.75 Å². The molecule has 0 unspecified atom stereocenters. The molecule has 0 aliphatic carbocycles. The van der Waals surface area contributed by atoms with Crippen molar-refractivity contribution in [2.75, 3.05) is 13.7 Å². The lowest BCUT2D eigenvalue weighted by Crippen LogP contribution is -2.43. The Morgan fingerprint density at radius 3 is 2.52 bits per heavy atom. The standard InChI is InChI=1S/C14H20N2O4S/c1-9-7-12(20-3)13(8-10(9)2)21(18,19)16-6-4-5-11(16)14(15)17/h7-8,11H,4-6H2,1-3H3,(H2,15,17)/t11-/m0/s1. The first kappa shape index (κ1) is 15.8. The summed E-state index contributed by atoms with van der Waals surface area (Å²) in [6.45, 7) is 4.02. The van der Waals surface area contributed by atoms with E-state index in [4.69, 9.17) is 10.5 Å². The van der Waals surface area contributed by atoms with Gasteiger partial charge in [-0.3, -0.25) is 4.79 Å². The number of ether oxygens (including phenoxy) is 1. The average Bonchev–Trinajstić information content (AvgIpc) is 2.91. The van der Waals surface area contributed by atoms with Crippen molar-refractivity contribution < 1.29 is 17.9 Å². The molecule has 1 saturated heterocycles. The van der Waals surface area contributed by atoms with Crippen molar-refractivity contribution in [2.45, 2.75) is 37.6 Å². The number of rotatable bonds is 4. The summed E-state index contributed by atoms with van der Waals surface area (Å²) in [5, 5.41) is 0. The van der Waals surface area contributed by atoms with Gasteiger partial charge in [0.05, 0.1) is 7.11 Å². The van der Waals surface area contributed by atoms with Gasteiger partial charge in [-0.25, -0.2) is 8.42 Å². The Bertz CT molecular complexity index is 670. The summed E-state index contributed by atoms with van der Waals surface area (Å²) in [7, 11) is -2.38.